The molecule has 1 saturated heterocycles. The van der Waals surface area contributed by atoms with E-state index in [1.54, 1.807) is 0 Å². The molecule has 2 fully saturated rings. The Balaban J connectivity index is 2.02. The topological polar surface area (TPSA) is 15.3 Å². The lowest BCUT2D eigenvalue weighted by molar-refractivity contribution is 0.0221. The van der Waals surface area contributed by atoms with E-state index < -0.39 is 0 Å². The number of nitrogens with one attached hydrogen (secondary N) is 1. The molecule has 0 aromatic carbocycles. The van der Waals surface area contributed by atoms with Crippen LogP contribution < -0.4 is 5.32 Å². The van der Waals surface area contributed by atoms with Crippen LogP contribution in [0.2, 0.25) is 0 Å². The smallest absolute Gasteiger partial charge is 0.0304 e. The summed E-state index contributed by atoms with van der Waals surface area (Å²) in [5.74, 6) is 0. The maximum atomic E-state index is 3.88. The van der Waals surface area contributed by atoms with E-state index in [0.29, 0.717) is 5.54 Å². The molecule has 0 radical (unpaired) electrons. The molecule has 0 bridgehead atoms. The predicted molar refractivity (Wildman–Crippen MR) is 91.7 cm³/mol. The van der Waals surface area contributed by atoms with Gasteiger partial charge in [0.2, 0.25) is 0 Å². The first-order chi connectivity index (χ1) is 9.68. The van der Waals surface area contributed by atoms with Crippen molar-refractivity contribution in [2.24, 2.45) is 0 Å². The second kappa shape index (κ2) is 7.51. The molecule has 0 spiro atoms. The zero-order chi connectivity index (χ0) is 14.6. The largest absolute Gasteiger partial charge is 0.308 e. The molecule has 20 heavy (non-hydrogen) atoms. The number of hydrogen-bond acceptors (Lipinski definition) is 3. The Morgan fingerprint density at radius 2 is 1.75 bits per heavy atom. The van der Waals surface area contributed by atoms with Crippen LogP contribution in [0.15, 0.2) is 0 Å². The molecule has 0 amide bonds. The van der Waals surface area contributed by atoms with Crippen LogP contribution in [0.25, 0.3) is 0 Å². The van der Waals surface area contributed by atoms with Crippen LogP contribution in [-0.2, 0) is 0 Å². The summed E-state index contributed by atoms with van der Waals surface area (Å²) in [5.41, 5.74) is 0.377. The van der Waals surface area contributed by atoms with Crippen molar-refractivity contribution >= 4 is 11.8 Å². The van der Waals surface area contributed by atoms with Crippen molar-refractivity contribution in [1.82, 2.24) is 10.2 Å². The highest BCUT2D eigenvalue weighted by Gasteiger charge is 2.39. The average molecular weight is 299 g/mol. The molecule has 0 aromatic heterocycles. The van der Waals surface area contributed by atoms with Crippen molar-refractivity contribution in [3.8, 4) is 0 Å². The first-order valence-electron chi connectivity index (χ1n) is 8.71. The minimum Gasteiger partial charge on any atom is -0.308 e. The van der Waals surface area contributed by atoms with E-state index in [-0.39, 0.29) is 0 Å². The second-order valence-corrected chi connectivity index (χ2v) is 7.91. The molecule has 1 aliphatic carbocycles. The van der Waals surface area contributed by atoms with Gasteiger partial charge in [-0.3, -0.25) is 4.90 Å². The summed E-state index contributed by atoms with van der Waals surface area (Å²) in [6.45, 7) is 9.53. The lowest BCUT2D eigenvalue weighted by atomic mass is 9.84. The van der Waals surface area contributed by atoms with E-state index in [4.69, 9.17) is 0 Å². The molecular formula is C17H34N2S. The van der Waals surface area contributed by atoms with Gasteiger partial charge in [0.05, 0.1) is 0 Å². The summed E-state index contributed by atoms with van der Waals surface area (Å²) in [7, 11) is 0. The molecule has 2 aliphatic rings. The van der Waals surface area contributed by atoms with Crippen LogP contribution in [0.3, 0.4) is 0 Å². The van der Waals surface area contributed by atoms with Crippen molar-refractivity contribution in [3.63, 3.8) is 0 Å². The van der Waals surface area contributed by atoms with Crippen molar-refractivity contribution in [2.75, 3.05) is 19.3 Å². The number of hydrogen-bond donors (Lipinski definition) is 1. The Morgan fingerprint density at radius 3 is 2.25 bits per heavy atom. The van der Waals surface area contributed by atoms with Crippen LogP contribution in [0.5, 0.6) is 0 Å². The van der Waals surface area contributed by atoms with Gasteiger partial charge in [-0.05, 0) is 51.2 Å². The zero-order valence-corrected chi connectivity index (χ0v) is 14.8. The van der Waals surface area contributed by atoms with Gasteiger partial charge in [0.1, 0.15) is 0 Å². The van der Waals surface area contributed by atoms with E-state index in [1.807, 2.05) is 0 Å². The summed E-state index contributed by atoms with van der Waals surface area (Å²) < 4.78 is 0. The normalized spacial score (nSPS) is 35.1. The molecule has 1 aliphatic heterocycles. The lowest BCUT2D eigenvalue weighted by Crippen LogP contribution is -2.66. The SMILES string of the molecule is CCC1CNC(CC)(CC)CN1C1CCC(SC)CC1. The summed E-state index contributed by atoms with van der Waals surface area (Å²) in [6.07, 6.45) is 11.8. The third-order valence-corrected chi connectivity index (χ3v) is 7.08. The summed E-state index contributed by atoms with van der Waals surface area (Å²) in [4.78, 5) is 2.89. The molecule has 0 aromatic rings. The minimum absolute atomic E-state index is 0.377. The average Bonchev–Trinajstić information content (AvgIpc) is 2.54. The summed E-state index contributed by atoms with van der Waals surface area (Å²) in [6, 6.07) is 1.61. The van der Waals surface area contributed by atoms with Gasteiger partial charge in [-0.1, -0.05) is 20.8 Å². The zero-order valence-electron chi connectivity index (χ0n) is 14.0. The van der Waals surface area contributed by atoms with E-state index in [2.05, 4.69) is 49.0 Å². The molecule has 1 atom stereocenters. The standard InChI is InChI=1S/C17H34N2S/c1-5-14-12-18-17(6-2,7-3)13-19(14)15-8-10-16(20-4)11-9-15/h14-16,18H,5-13H2,1-4H3. The van der Waals surface area contributed by atoms with Crippen LogP contribution in [0, 0.1) is 0 Å². The van der Waals surface area contributed by atoms with Crippen molar-refractivity contribution in [1.29, 1.82) is 0 Å². The Labute approximate surface area is 130 Å². The monoisotopic (exact) mass is 298 g/mol. The van der Waals surface area contributed by atoms with Crippen LogP contribution in [0.4, 0.5) is 0 Å². The maximum absolute atomic E-state index is 3.88. The molecule has 1 saturated carbocycles. The fourth-order valence-electron chi connectivity index (χ4n) is 4.13. The molecule has 3 heteroatoms. The molecular weight excluding hydrogens is 264 g/mol. The third-order valence-electron chi connectivity index (χ3n) is 5.94. The number of rotatable bonds is 5. The highest BCUT2D eigenvalue weighted by Crippen LogP contribution is 2.34. The van der Waals surface area contributed by atoms with Crippen LogP contribution in [-0.4, -0.2) is 47.1 Å². The van der Waals surface area contributed by atoms with Gasteiger partial charge in [0.25, 0.3) is 0 Å². The Bertz CT molecular complexity index is 283. The van der Waals surface area contributed by atoms with Crippen LogP contribution in [0.1, 0.15) is 65.7 Å². The van der Waals surface area contributed by atoms with Gasteiger partial charge in [0, 0.05) is 36.0 Å². The predicted octanol–water partition coefficient (Wildman–Crippen LogP) is 3.90. The van der Waals surface area contributed by atoms with Crippen molar-refractivity contribution in [3.05, 3.63) is 0 Å². The molecule has 118 valence electrons. The maximum Gasteiger partial charge on any atom is 0.0304 e. The summed E-state index contributed by atoms with van der Waals surface area (Å²) in [5, 5.41) is 4.80. The Hall–Kier alpha value is 0.270. The van der Waals surface area contributed by atoms with Gasteiger partial charge in [-0.15, -0.1) is 0 Å². The van der Waals surface area contributed by atoms with Crippen molar-refractivity contribution < 1.29 is 0 Å². The van der Waals surface area contributed by atoms with Gasteiger partial charge >= 0.3 is 0 Å². The molecule has 1 heterocycles. The van der Waals surface area contributed by atoms with Gasteiger partial charge < -0.3 is 5.32 Å². The lowest BCUT2D eigenvalue weighted by Gasteiger charge is -2.51. The first kappa shape index (κ1) is 16.6. The van der Waals surface area contributed by atoms with Gasteiger partial charge in [0.15, 0.2) is 0 Å². The third kappa shape index (κ3) is 3.53. The molecule has 1 unspecified atom stereocenters. The number of thioether (sulfide) groups is 1. The highest BCUT2D eigenvalue weighted by atomic mass is 32.2. The van der Waals surface area contributed by atoms with Gasteiger partial charge in [-0.25, -0.2) is 0 Å². The number of nitrogens with zero attached hydrogens (tertiary/aromatic N) is 1. The van der Waals surface area contributed by atoms with Crippen LogP contribution >= 0.6 is 11.8 Å². The van der Waals surface area contributed by atoms with E-state index in [0.717, 1.165) is 17.3 Å². The fourth-order valence-corrected chi connectivity index (χ4v) is 4.87. The van der Waals surface area contributed by atoms with E-state index in [9.17, 15) is 0 Å². The second-order valence-electron chi connectivity index (χ2n) is 6.77. The number of piperazine rings is 1. The van der Waals surface area contributed by atoms with E-state index in [1.165, 1.54) is 58.0 Å². The fraction of sp³-hybridized carbons (Fsp3) is 1.00. The molecule has 2 rings (SSSR count). The van der Waals surface area contributed by atoms with Crippen molar-refractivity contribution in [2.45, 2.75) is 88.6 Å². The first-order valence-corrected chi connectivity index (χ1v) is 10.00. The van der Waals surface area contributed by atoms with E-state index >= 15 is 0 Å². The molecule has 2 nitrogen and oxygen atoms in total. The summed E-state index contributed by atoms with van der Waals surface area (Å²) >= 11 is 2.08. The Kier molecular flexibility index (Phi) is 6.25. The Morgan fingerprint density at radius 1 is 1.10 bits per heavy atom. The molecule has 1 N–H and O–H groups in total. The minimum atomic E-state index is 0.377. The quantitative estimate of drug-likeness (QED) is 0.828. The highest BCUT2D eigenvalue weighted by molar-refractivity contribution is 7.99. The van der Waals surface area contributed by atoms with Gasteiger partial charge in [-0.2, -0.15) is 11.8 Å².